The van der Waals surface area contributed by atoms with Crippen molar-refractivity contribution in [2.75, 3.05) is 74.1 Å². The minimum atomic E-state index is -0.672. The Balaban J connectivity index is 0.812. The molecule has 0 bridgehead atoms. The molecule has 394 valence electrons. The van der Waals surface area contributed by atoms with Crippen LogP contribution in [-0.4, -0.2) is 126 Å². The highest BCUT2D eigenvalue weighted by atomic mass is 16.7. The highest BCUT2D eigenvalue weighted by Crippen LogP contribution is 2.31. The molecule has 0 spiro atoms. The molecule has 2 heterocycles. The van der Waals surface area contributed by atoms with E-state index < -0.39 is 60.7 Å². The molecular weight excluding hydrogens is 961 g/mol. The summed E-state index contributed by atoms with van der Waals surface area (Å²) in [5.74, 6) is -1.10. The van der Waals surface area contributed by atoms with Gasteiger partial charge in [-0.25, -0.2) is 28.8 Å². The number of fused-ring (bicyclic) bond motifs is 1. The normalized spacial score (nSPS) is 17.3. The number of ether oxygens (including phenoxy) is 10. The third-order valence-electron chi connectivity index (χ3n) is 11.1. The van der Waals surface area contributed by atoms with Crippen LogP contribution in [0.25, 0.3) is 0 Å². The minimum absolute atomic E-state index is 0.0732. The van der Waals surface area contributed by atoms with Crippen molar-refractivity contribution < 1.29 is 76.1 Å². The fourth-order valence-corrected chi connectivity index (χ4v) is 7.35. The van der Waals surface area contributed by atoms with Gasteiger partial charge in [0.05, 0.1) is 26.4 Å². The topological polar surface area (TPSA) is 243 Å². The molecule has 6 rings (SSSR count). The number of anilines is 4. The van der Waals surface area contributed by atoms with Crippen LogP contribution >= 0.6 is 0 Å². The number of nitrogens with one attached hydrogen (secondary N) is 4. The Hall–Kier alpha value is -7.78. The van der Waals surface area contributed by atoms with Crippen LogP contribution in [0.15, 0.2) is 121 Å². The van der Waals surface area contributed by atoms with Crippen molar-refractivity contribution in [2.45, 2.75) is 77.2 Å². The van der Waals surface area contributed by atoms with E-state index in [2.05, 4.69) is 34.4 Å². The Bertz CT molecular complexity index is 2380. The summed E-state index contributed by atoms with van der Waals surface area (Å²) < 4.78 is 55.0. The highest BCUT2D eigenvalue weighted by Gasteiger charge is 2.49. The van der Waals surface area contributed by atoms with Crippen LogP contribution in [-0.2, 0) is 69.8 Å². The average Bonchev–Trinajstić information content (AvgIpc) is 3.97. The Morgan fingerprint density at radius 2 is 0.757 bits per heavy atom. The number of hydrogen-bond donors (Lipinski definition) is 4. The van der Waals surface area contributed by atoms with Gasteiger partial charge >= 0.3 is 36.3 Å². The van der Waals surface area contributed by atoms with Crippen molar-refractivity contribution >= 4 is 59.1 Å². The Morgan fingerprint density at radius 3 is 1.05 bits per heavy atom. The monoisotopic (exact) mass is 1020 g/mol. The first-order valence-electron chi connectivity index (χ1n) is 23.9. The van der Waals surface area contributed by atoms with Gasteiger partial charge in [0.1, 0.15) is 63.1 Å². The second-order valence-electron chi connectivity index (χ2n) is 17.5. The molecule has 6 unspecified atom stereocenters. The first kappa shape index (κ1) is 55.5. The van der Waals surface area contributed by atoms with Crippen LogP contribution in [0.3, 0.4) is 0 Å². The molecule has 2 saturated heterocycles. The second kappa shape index (κ2) is 27.9. The van der Waals surface area contributed by atoms with Crippen molar-refractivity contribution in [2.24, 2.45) is 0 Å². The summed E-state index contributed by atoms with van der Waals surface area (Å²) in [6.45, 7) is 13.9. The Kier molecular flexibility index (Phi) is 20.9. The molecule has 74 heavy (non-hydrogen) atoms. The third kappa shape index (κ3) is 18.4. The summed E-state index contributed by atoms with van der Waals surface area (Å²) >= 11 is 0. The predicted octanol–water partition coefficient (Wildman–Crippen LogP) is 8.35. The summed E-state index contributed by atoms with van der Waals surface area (Å²) in [5, 5.41) is 10.7. The van der Waals surface area contributed by atoms with E-state index in [0.717, 1.165) is 22.3 Å². The fraction of sp³-hybridized carbons (Fsp3) is 0.370. The molecule has 2 aliphatic heterocycles. The van der Waals surface area contributed by atoms with Crippen LogP contribution in [0.1, 0.15) is 49.9 Å². The number of hydrogen-bond acceptors (Lipinski definition) is 16. The number of benzene rings is 4. The molecular formula is C54H62N4O16. The van der Waals surface area contributed by atoms with Crippen LogP contribution in [0.5, 0.6) is 0 Å². The molecule has 20 nitrogen and oxygen atoms in total. The third-order valence-corrected chi connectivity index (χ3v) is 11.1. The smallest absolute Gasteiger partial charge is 0.411 e. The van der Waals surface area contributed by atoms with Gasteiger partial charge in [0.15, 0.2) is 0 Å². The average molecular weight is 1020 g/mol. The molecule has 0 aromatic heterocycles. The Labute approximate surface area is 428 Å². The summed E-state index contributed by atoms with van der Waals surface area (Å²) in [5.41, 5.74) is 6.70. The largest absolute Gasteiger partial charge is 0.459 e. The van der Waals surface area contributed by atoms with Crippen molar-refractivity contribution in [1.29, 1.82) is 0 Å². The van der Waals surface area contributed by atoms with Crippen LogP contribution < -0.4 is 21.3 Å². The highest BCUT2D eigenvalue weighted by molar-refractivity contribution is 5.88. The van der Waals surface area contributed by atoms with Crippen molar-refractivity contribution in [3.8, 4) is 0 Å². The van der Waals surface area contributed by atoms with Gasteiger partial charge in [-0.2, -0.15) is 0 Å². The summed E-state index contributed by atoms with van der Waals surface area (Å²) in [7, 11) is 0. The van der Waals surface area contributed by atoms with E-state index in [0.29, 0.717) is 35.6 Å². The van der Waals surface area contributed by atoms with Crippen molar-refractivity contribution in [1.82, 2.24) is 0 Å². The second-order valence-corrected chi connectivity index (χ2v) is 17.5. The van der Waals surface area contributed by atoms with Crippen LogP contribution in [0.2, 0.25) is 0 Å². The molecule has 20 heteroatoms. The lowest BCUT2D eigenvalue weighted by atomic mass is 10.0. The van der Waals surface area contributed by atoms with Crippen molar-refractivity contribution in [3.05, 3.63) is 144 Å². The molecule has 0 saturated carbocycles. The molecule has 6 atom stereocenters. The van der Waals surface area contributed by atoms with E-state index in [1.165, 1.54) is 13.8 Å². The SMILES string of the molecule is C=C(C)C(=O)OCCOC(=O)Nc1ccc(Cc2ccc(NC(=O)OC(C)COC3COC4C(OCC(C)OC(=O)Nc5ccc(Cc6ccc(NC(=O)OCCOC(=O)C(=C)C)cc6)cc5)COC34)cc2)cc1. The maximum atomic E-state index is 12.7. The molecule has 2 aliphatic rings. The van der Waals surface area contributed by atoms with E-state index in [4.69, 9.17) is 47.4 Å². The molecule has 4 aromatic rings. The first-order chi connectivity index (χ1) is 35.6. The molecule has 4 N–H and O–H groups in total. The van der Waals surface area contributed by atoms with E-state index in [9.17, 15) is 28.8 Å². The number of esters is 2. The van der Waals surface area contributed by atoms with Gasteiger partial charge in [-0.15, -0.1) is 0 Å². The van der Waals surface area contributed by atoms with Gasteiger partial charge in [-0.05, 0) is 111 Å². The predicted molar refractivity (Wildman–Crippen MR) is 271 cm³/mol. The lowest BCUT2D eigenvalue weighted by molar-refractivity contribution is -0.140. The van der Waals surface area contributed by atoms with Gasteiger partial charge in [0.25, 0.3) is 0 Å². The quantitative estimate of drug-likeness (QED) is 0.0223. The fourth-order valence-electron chi connectivity index (χ4n) is 7.35. The lowest BCUT2D eigenvalue weighted by Gasteiger charge is -2.20. The lowest BCUT2D eigenvalue weighted by Crippen LogP contribution is -2.36. The zero-order chi connectivity index (χ0) is 53.0. The van der Waals surface area contributed by atoms with E-state index in [1.807, 2.05) is 48.5 Å². The van der Waals surface area contributed by atoms with Gasteiger partial charge < -0.3 is 47.4 Å². The first-order valence-corrected chi connectivity index (χ1v) is 23.9. The van der Waals surface area contributed by atoms with Gasteiger partial charge in [0.2, 0.25) is 0 Å². The Morgan fingerprint density at radius 1 is 0.473 bits per heavy atom. The van der Waals surface area contributed by atoms with Gasteiger partial charge in [0, 0.05) is 33.9 Å². The zero-order valence-corrected chi connectivity index (χ0v) is 41.7. The minimum Gasteiger partial charge on any atom is -0.459 e. The number of rotatable bonds is 24. The van der Waals surface area contributed by atoms with Crippen LogP contribution in [0, 0.1) is 0 Å². The molecule has 4 aromatic carbocycles. The summed E-state index contributed by atoms with van der Waals surface area (Å²) in [6, 6.07) is 29.2. The van der Waals surface area contributed by atoms with Gasteiger partial charge in [-0.1, -0.05) is 61.7 Å². The number of amides is 4. The molecule has 4 amide bonds. The molecule has 0 radical (unpaired) electrons. The van der Waals surface area contributed by atoms with Crippen LogP contribution in [0.4, 0.5) is 41.9 Å². The molecule has 0 aliphatic carbocycles. The maximum Gasteiger partial charge on any atom is 0.411 e. The maximum absolute atomic E-state index is 12.7. The summed E-state index contributed by atoms with van der Waals surface area (Å²) in [6.07, 6.45) is -4.12. The summed E-state index contributed by atoms with van der Waals surface area (Å²) in [4.78, 5) is 72.3. The standard InChI is InChI=1S/C54H62N4O16/c1-33(2)49(59)65-23-25-67-51(61)55-41-15-7-37(8-16-41)27-39-11-19-43(20-12-39)57-53(63)73-35(5)29-69-45-31-71-48-46(32-72-47(45)48)70-30-36(6)74-54(64)58-44-21-13-40(14-22-44)28-38-9-17-42(18-10-38)56-52(62)68-26-24-66-50(60)34(3)4/h7-22,35-36,45-48H,1,3,23-32H2,2,4-6H3,(H,55,61)(H,56,62)(H,57,63)(H,58,64). The van der Waals surface area contributed by atoms with Gasteiger partial charge in [-0.3, -0.25) is 21.3 Å². The molecule has 2 fully saturated rings. The zero-order valence-electron chi connectivity index (χ0n) is 41.7. The number of carbonyl (C=O) groups excluding carboxylic acids is 6. The van der Waals surface area contributed by atoms with E-state index in [-0.39, 0.29) is 76.2 Å². The number of carbonyl (C=O) groups is 6. The van der Waals surface area contributed by atoms with E-state index >= 15 is 0 Å². The van der Waals surface area contributed by atoms with E-state index in [1.54, 1.807) is 62.4 Å². The van der Waals surface area contributed by atoms with Crippen molar-refractivity contribution in [3.63, 3.8) is 0 Å².